The van der Waals surface area contributed by atoms with Crippen LogP contribution in [-0.4, -0.2) is 33.7 Å². The average Bonchev–Trinajstić information content (AvgIpc) is 2.70. The molecule has 0 aromatic heterocycles. The lowest BCUT2D eigenvalue weighted by Crippen LogP contribution is -2.48. The topological polar surface area (TPSA) is 75.7 Å². The van der Waals surface area contributed by atoms with E-state index in [-0.39, 0.29) is 5.69 Å². The van der Waals surface area contributed by atoms with Crippen molar-refractivity contribution in [3.63, 3.8) is 0 Å². The van der Waals surface area contributed by atoms with Crippen LogP contribution in [0.4, 0.5) is 18.9 Å². The molecule has 0 saturated heterocycles. The van der Waals surface area contributed by atoms with Crippen LogP contribution in [0.5, 0.6) is 5.75 Å². The summed E-state index contributed by atoms with van der Waals surface area (Å²) in [4.78, 5) is 13.0. The first-order valence-corrected chi connectivity index (χ1v) is 11.8. The number of alkyl halides is 3. The molecule has 6 nitrogen and oxygen atoms in total. The zero-order valence-corrected chi connectivity index (χ0v) is 19.3. The summed E-state index contributed by atoms with van der Waals surface area (Å²) < 4.78 is 70.2. The summed E-state index contributed by atoms with van der Waals surface area (Å²) in [6.07, 6.45) is -3.28. The molecule has 0 bridgehead atoms. The van der Waals surface area contributed by atoms with Crippen LogP contribution in [0.2, 0.25) is 0 Å². The van der Waals surface area contributed by atoms with E-state index in [1.165, 1.54) is 13.0 Å². The molecular formula is C22H27F3N2O4S. The summed E-state index contributed by atoms with van der Waals surface area (Å²) in [5, 5.41) is 2.81. The molecule has 0 spiro atoms. The Bertz CT molecular complexity index is 1070. The number of amides is 1. The number of hydrogen-bond acceptors (Lipinski definition) is 4. The van der Waals surface area contributed by atoms with E-state index >= 15 is 0 Å². The van der Waals surface area contributed by atoms with Gasteiger partial charge in [-0.1, -0.05) is 25.1 Å². The Morgan fingerprint density at radius 3 is 2.34 bits per heavy atom. The van der Waals surface area contributed by atoms with Crippen LogP contribution in [0, 0.1) is 6.92 Å². The van der Waals surface area contributed by atoms with Crippen LogP contribution in [-0.2, 0) is 21.0 Å². The Kier molecular flexibility index (Phi) is 7.82. The van der Waals surface area contributed by atoms with Gasteiger partial charge in [0.2, 0.25) is 15.9 Å². The third-order valence-corrected chi connectivity index (χ3v) is 6.30. The van der Waals surface area contributed by atoms with Gasteiger partial charge in [-0.3, -0.25) is 9.10 Å². The minimum Gasteiger partial charge on any atom is -0.496 e. The van der Waals surface area contributed by atoms with E-state index in [4.69, 9.17) is 4.74 Å². The lowest BCUT2D eigenvalue weighted by Gasteiger charge is -2.30. The molecule has 2 rings (SSSR count). The lowest BCUT2D eigenvalue weighted by molar-refractivity contribution is -0.137. The van der Waals surface area contributed by atoms with Crippen molar-refractivity contribution in [1.82, 2.24) is 5.32 Å². The van der Waals surface area contributed by atoms with Crippen molar-refractivity contribution < 1.29 is 31.1 Å². The van der Waals surface area contributed by atoms with Gasteiger partial charge in [0.05, 0.1) is 30.7 Å². The summed E-state index contributed by atoms with van der Waals surface area (Å²) >= 11 is 0. The van der Waals surface area contributed by atoms with Crippen molar-refractivity contribution in [2.75, 3.05) is 17.7 Å². The molecule has 176 valence electrons. The van der Waals surface area contributed by atoms with E-state index in [0.717, 1.165) is 35.6 Å². The Labute approximate surface area is 186 Å². The Hall–Kier alpha value is -2.75. The van der Waals surface area contributed by atoms with E-state index in [1.54, 1.807) is 19.2 Å². The molecule has 2 atom stereocenters. The van der Waals surface area contributed by atoms with Crippen LogP contribution in [0.3, 0.4) is 0 Å². The summed E-state index contributed by atoms with van der Waals surface area (Å²) in [6.45, 7) is 5.05. The minimum absolute atomic E-state index is 0.238. The highest BCUT2D eigenvalue weighted by Crippen LogP contribution is 2.33. The van der Waals surface area contributed by atoms with E-state index in [9.17, 15) is 26.4 Å². The molecule has 32 heavy (non-hydrogen) atoms. The first-order chi connectivity index (χ1) is 14.8. The van der Waals surface area contributed by atoms with Crippen molar-refractivity contribution >= 4 is 21.6 Å². The second kappa shape index (κ2) is 9.81. The molecule has 0 aliphatic rings. The second-order valence-corrected chi connectivity index (χ2v) is 9.34. The van der Waals surface area contributed by atoms with E-state index in [0.29, 0.717) is 16.5 Å². The number of carbonyl (C=O) groups is 1. The number of hydrogen-bond donors (Lipinski definition) is 1. The number of benzene rings is 2. The Morgan fingerprint density at radius 2 is 1.84 bits per heavy atom. The number of nitrogens with zero attached hydrogens (tertiary/aromatic N) is 1. The number of rotatable bonds is 8. The quantitative estimate of drug-likeness (QED) is 0.616. The number of anilines is 1. The number of nitrogens with one attached hydrogen (secondary N) is 1. The van der Waals surface area contributed by atoms with Crippen LogP contribution >= 0.6 is 0 Å². The smallest absolute Gasteiger partial charge is 0.416 e. The molecule has 0 radical (unpaired) electrons. The van der Waals surface area contributed by atoms with Crippen LogP contribution in [0.1, 0.15) is 43.0 Å². The van der Waals surface area contributed by atoms with E-state index < -0.39 is 39.8 Å². The van der Waals surface area contributed by atoms with Gasteiger partial charge >= 0.3 is 6.18 Å². The Morgan fingerprint density at radius 1 is 1.19 bits per heavy atom. The maximum atomic E-state index is 13.1. The fourth-order valence-electron chi connectivity index (χ4n) is 3.46. The highest BCUT2D eigenvalue weighted by atomic mass is 32.2. The van der Waals surface area contributed by atoms with Gasteiger partial charge in [-0.05, 0) is 55.7 Å². The van der Waals surface area contributed by atoms with Crippen molar-refractivity contribution in [2.24, 2.45) is 0 Å². The standard InChI is InChI=1S/C22H27F3N2O4S/c1-6-19(16-10-11-20(31-4)14(2)12-16)26-21(28)15(3)27(32(5,29)30)18-9-7-8-17(13-18)22(23,24)25/h7-13,15,19H,6H2,1-5H3,(H,26,28)/t15-,19+/m1/s1. The summed E-state index contributed by atoms with van der Waals surface area (Å²) in [5.74, 6) is 0.0595. The number of halogens is 3. The number of aryl methyl sites for hydroxylation is 1. The van der Waals surface area contributed by atoms with Crippen molar-refractivity contribution in [3.8, 4) is 5.75 Å². The highest BCUT2D eigenvalue weighted by Gasteiger charge is 2.34. The third kappa shape index (κ3) is 5.93. The third-order valence-electron chi connectivity index (χ3n) is 5.06. The van der Waals surface area contributed by atoms with Crippen molar-refractivity contribution in [2.45, 2.75) is 45.5 Å². The normalized spacial score (nSPS) is 13.9. The molecule has 0 aliphatic heterocycles. The summed E-state index contributed by atoms with van der Waals surface area (Å²) in [7, 11) is -2.51. The van der Waals surface area contributed by atoms with E-state index in [2.05, 4.69) is 5.32 Å². The number of carbonyl (C=O) groups excluding carboxylic acids is 1. The minimum atomic E-state index is -4.65. The van der Waals surface area contributed by atoms with Gasteiger partial charge in [0, 0.05) is 0 Å². The van der Waals surface area contributed by atoms with Gasteiger partial charge in [0.1, 0.15) is 11.8 Å². The van der Waals surface area contributed by atoms with Gasteiger partial charge in [0.15, 0.2) is 0 Å². The molecule has 1 amide bonds. The molecular weight excluding hydrogens is 445 g/mol. The predicted octanol–water partition coefficient (Wildman–Crippen LogP) is 4.44. The van der Waals surface area contributed by atoms with Gasteiger partial charge in [0.25, 0.3) is 0 Å². The van der Waals surface area contributed by atoms with Crippen LogP contribution in [0.25, 0.3) is 0 Å². The number of sulfonamides is 1. The maximum Gasteiger partial charge on any atom is 0.416 e. The Balaban J connectivity index is 2.35. The second-order valence-electron chi connectivity index (χ2n) is 7.48. The molecule has 2 aromatic rings. The van der Waals surface area contributed by atoms with Gasteiger partial charge in [-0.25, -0.2) is 8.42 Å². The number of methoxy groups -OCH3 is 1. The van der Waals surface area contributed by atoms with E-state index in [1.807, 2.05) is 19.9 Å². The zero-order chi connectivity index (χ0) is 24.3. The number of ether oxygens (including phenoxy) is 1. The monoisotopic (exact) mass is 472 g/mol. The largest absolute Gasteiger partial charge is 0.496 e. The van der Waals surface area contributed by atoms with Gasteiger partial charge < -0.3 is 10.1 Å². The van der Waals surface area contributed by atoms with Crippen LogP contribution in [0.15, 0.2) is 42.5 Å². The highest BCUT2D eigenvalue weighted by molar-refractivity contribution is 7.92. The van der Waals surface area contributed by atoms with Gasteiger partial charge in [-0.2, -0.15) is 13.2 Å². The first kappa shape index (κ1) is 25.5. The van der Waals surface area contributed by atoms with Crippen molar-refractivity contribution in [3.05, 3.63) is 59.2 Å². The zero-order valence-electron chi connectivity index (χ0n) is 18.5. The summed E-state index contributed by atoms with van der Waals surface area (Å²) in [6, 6.07) is 7.63. The molecule has 0 saturated carbocycles. The first-order valence-electron chi connectivity index (χ1n) is 9.91. The van der Waals surface area contributed by atoms with Gasteiger partial charge in [-0.15, -0.1) is 0 Å². The fourth-order valence-corrected chi connectivity index (χ4v) is 4.63. The predicted molar refractivity (Wildman–Crippen MR) is 117 cm³/mol. The molecule has 0 aliphatic carbocycles. The molecule has 0 heterocycles. The SMILES string of the molecule is CC[C@H](NC(=O)[C@@H](C)N(c1cccc(C(F)(F)F)c1)S(C)(=O)=O)c1ccc(OC)c(C)c1. The molecule has 1 N–H and O–H groups in total. The van der Waals surface area contributed by atoms with Crippen molar-refractivity contribution in [1.29, 1.82) is 0 Å². The fraction of sp³-hybridized carbons (Fsp3) is 0.409. The lowest BCUT2D eigenvalue weighted by atomic mass is 10.0. The average molecular weight is 473 g/mol. The van der Waals surface area contributed by atoms with Crippen LogP contribution < -0.4 is 14.4 Å². The maximum absolute atomic E-state index is 13.1. The molecule has 0 unspecified atom stereocenters. The molecule has 10 heteroatoms. The molecule has 0 fully saturated rings. The molecule has 2 aromatic carbocycles. The summed E-state index contributed by atoms with van der Waals surface area (Å²) in [5.41, 5.74) is 0.429.